The molecule has 1 aromatic rings. The summed E-state index contributed by atoms with van der Waals surface area (Å²) in [6.45, 7) is 1.83. The number of nitrogens with zero attached hydrogens (tertiary/aromatic N) is 1. The van der Waals surface area contributed by atoms with Gasteiger partial charge >= 0.3 is 0 Å². The maximum atomic E-state index is 11.9. The van der Waals surface area contributed by atoms with Crippen molar-refractivity contribution in [3.63, 3.8) is 0 Å². The molecule has 0 saturated carbocycles. The van der Waals surface area contributed by atoms with E-state index in [1.54, 1.807) is 0 Å². The smallest absolute Gasteiger partial charge is 0.273 e. The van der Waals surface area contributed by atoms with Crippen molar-refractivity contribution < 1.29 is 14.8 Å². The molecule has 0 radical (unpaired) electrons. The van der Waals surface area contributed by atoms with Gasteiger partial charge in [-0.05, 0) is 37.9 Å². The molecule has 0 aliphatic carbocycles. The molecule has 1 heterocycles. The van der Waals surface area contributed by atoms with Gasteiger partial charge in [0.15, 0.2) is 0 Å². The number of rotatable bonds is 4. The number of carbonyl (C=O) groups is 1. The number of phenols is 1. The maximum Gasteiger partial charge on any atom is 0.273 e. The summed E-state index contributed by atoms with van der Waals surface area (Å²) in [6, 6.07) is 3.62. The average molecular weight is 279 g/mol. The highest BCUT2D eigenvalue weighted by Crippen LogP contribution is 2.28. The quantitative estimate of drug-likeness (QED) is 0.441. The molecule has 7 nitrogen and oxygen atoms in total. The van der Waals surface area contributed by atoms with Crippen molar-refractivity contribution in [3.8, 4) is 5.75 Å². The predicted octanol–water partition coefficient (Wildman–Crippen LogP) is 1.63. The molecule has 1 saturated heterocycles. The van der Waals surface area contributed by atoms with E-state index in [1.807, 2.05) is 0 Å². The Morgan fingerprint density at radius 2 is 2.15 bits per heavy atom. The van der Waals surface area contributed by atoms with E-state index in [-0.39, 0.29) is 23.0 Å². The minimum absolute atomic E-state index is 0.180. The minimum Gasteiger partial charge on any atom is -0.506 e. The molecule has 0 bridgehead atoms. The number of nitro benzene ring substituents is 1. The lowest BCUT2D eigenvalue weighted by atomic mass is 9.94. The van der Waals surface area contributed by atoms with E-state index >= 15 is 0 Å². The predicted molar refractivity (Wildman–Crippen MR) is 73.6 cm³/mol. The number of nitrogens with one attached hydrogen (secondary N) is 2. The number of nitro groups is 1. The van der Waals surface area contributed by atoms with E-state index in [0.29, 0.717) is 12.3 Å². The number of hydrogen-bond donors (Lipinski definition) is 3. The molecule has 1 aromatic carbocycles. The van der Waals surface area contributed by atoms with Crippen molar-refractivity contribution in [1.82, 2.24) is 5.32 Å². The van der Waals surface area contributed by atoms with Crippen molar-refractivity contribution >= 4 is 17.3 Å². The molecular formula is C13H17N3O4. The lowest BCUT2D eigenvalue weighted by Crippen LogP contribution is -2.30. The Morgan fingerprint density at radius 1 is 1.45 bits per heavy atom. The van der Waals surface area contributed by atoms with Crippen LogP contribution in [0.1, 0.15) is 19.3 Å². The normalized spacial score (nSPS) is 15.8. The number of benzene rings is 1. The molecule has 1 aliphatic rings. The summed E-state index contributed by atoms with van der Waals surface area (Å²) in [4.78, 5) is 21.8. The van der Waals surface area contributed by atoms with Crippen LogP contribution in [0.4, 0.5) is 11.4 Å². The summed E-state index contributed by atoms with van der Waals surface area (Å²) in [6.07, 6.45) is 2.32. The lowest BCUT2D eigenvalue weighted by Gasteiger charge is -2.21. The van der Waals surface area contributed by atoms with Gasteiger partial charge in [-0.2, -0.15) is 0 Å². The molecule has 0 aromatic heterocycles. The van der Waals surface area contributed by atoms with Crippen LogP contribution >= 0.6 is 0 Å². The van der Waals surface area contributed by atoms with Gasteiger partial charge in [-0.1, -0.05) is 0 Å². The summed E-state index contributed by atoms with van der Waals surface area (Å²) in [5, 5.41) is 26.0. The lowest BCUT2D eigenvalue weighted by molar-refractivity contribution is -0.384. The molecule has 7 heteroatoms. The molecule has 0 unspecified atom stereocenters. The Morgan fingerprint density at radius 3 is 2.75 bits per heavy atom. The van der Waals surface area contributed by atoms with Crippen molar-refractivity contribution in [2.75, 3.05) is 18.4 Å². The number of aromatic hydroxyl groups is 1. The number of non-ortho nitro benzene ring substituents is 1. The van der Waals surface area contributed by atoms with Gasteiger partial charge in [0.25, 0.3) is 5.69 Å². The number of anilines is 1. The second-order valence-electron chi connectivity index (χ2n) is 4.90. The van der Waals surface area contributed by atoms with Gasteiger partial charge in [0.1, 0.15) is 5.75 Å². The molecule has 108 valence electrons. The van der Waals surface area contributed by atoms with Gasteiger partial charge in [-0.15, -0.1) is 0 Å². The minimum atomic E-state index is -0.597. The monoisotopic (exact) mass is 279 g/mol. The Bertz CT molecular complexity index is 512. The van der Waals surface area contributed by atoms with Gasteiger partial charge in [0.2, 0.25) is 5.91 Å². The first-order chi connectivity index (χ1) is 9.56. The number of piperidine rings is 1. The van der Waals surface area contributed by atoms with Crippen molar-refractivity contribution in [1.29, 1.82) is 0 Å². The largest absolute Gasteiger partial charge is 0.506 e. The first-order valence-electron chi connectivity index (χ1n) is 6.54. The topological polar surface area (TPSA) is 104 Å². The fraction of sp³-hybridized carbons (Fsp3) is 0.462. The number of hydrogen-bond acceptors (Lipinski definition) is 5. The molecular weight excluding hydrogens is 262 g/mol. The van der Waals surface area contributed by atoms with Crippen LogP contribution in [0.25, 0.3) is 0 Å². The fourth-order valence-corrected chi connectivity index (χ4v) is 2.29. The number of amides is 1. The van der Waals surface area contributed by atoms with Crippen LogP contribution in [0.5, 0.6) is 5.75 Å². The van der Waals surface area contributed by atoms with E-state index in [9.17, 15) is 20.0 Å². The van der Waals surface area contributed by atoms with Crippen molar-refractivity contribution in [2.45, 2.75) is 19.3 Å². The molecule has 2 rings (SSSR count). The second-order valence-corrected chi connectivity index (χ2v) is 4.90. The van der Waals surface area contributed by atoms with Gasteiger partial charge in [0, 0.05) is 12.5 Å². The summed E-state index contributed by atoms with van der Waals surface area (Å²) in [5.41, 5.74) is -0.00612. The van der Waals surface area contributed by atoms with Crippen molar-refractivity contribution in [2.24, 2.45) is 5.92 Å². The zero-order valence-corrected chi connectivity index (χ0v) is 11.0. The number of carbonyl (C=O) groups excluding carboxylic acids is 1. The SMILES string of the molecule is O=C(CC1CCNCC1)Nc1ccc([N+](=O)[O-])cc1O. The highest BCUT2D eigenvalue weighted by atomic mass is 16.6. The van der Waals surface area contributed by atoms with Crippen LogP contribution < -0.4 is 10.6 Å². The molecule has 0 spiro atoms. The Kier molecular flexibility index (Phi) is 4.52. The van der Waals surface area contributed by atoms with E-state index in [2.05, 4.69) is 10.6 Å². The summed E-state index contributed by atoms with van der Waals surface area (Å²) >= 11 is 0. The highest BCUT2D eigenvalue weighted by molar-refractivity contribution is 5.92. The van der Waals surface area contributed by atoms with E-state index in [4.69, 9.17) is 0 Å². The van der Waals surface area contributed by atoms with Crippen LogP contribution in [0.2, 0.25) is 0 Å². The Hall–Kier alpha value is -2.15. The van der Waals surface area contributed by atoms with Crippen LogP contribution in [0.15, 0.2) is 18.2 Å². The van der Waals surface area contributed by atoms with E-state index < -0.39 is 4.92 Å². The average Bonchev–Trinajstić information content (AvgIpc) is 2.42. The summed E-state index contributed by atoms with van der Waals surface area (Å²) in [7, 11) is 0. The van der Waals surface area contributed by atoms with Crippen LogP contribution in [-0.4, -0.2) is 29.0 Å². The van der Waals surface area contributed by atoms with Crippen LogP contribution in [0.3, 0.4) is 0 Å². The van der Waals surface area contributed by atoms with Crippen LogP contribution in [0, 0.1) is 16.0 Å². The molecule has 1 aliphatic heterocycles. The molecule has 3 N–H and O–H groups in total. The standard InChI is InChI=1S/C13H17N3O4/c17-12-8-10(16(19)20)1-2-11(12)15-13(18)7-9-3-5-14-6-4-9/h1-2,8-9,14,17H,3-7H2,(H,15,18). The van der Waals surface area contributed by atoms with Gasteiger partial charge in [-0.25, -0.2) is 0 Å². The fourth-order valence-electron chi connectivity index (χ4n) is 2.29. The van der Waals surface area contributed by atoms with E-state index in [1.165, 1.54) is 12.1 Å². The Balaban J connectivity index is 1.95. The first-order valence-corrected chi connectivity index (χ1v) is 6.54. The first kappa shape index (κ1) is 14.3. The molecule has 20 heavy (non-hydrogen) atoms. The molecule has 1 amide bonds. The zero-order chi connectivity index (χ0) is 14.5. The maximum absolute atomic E-state index is 11.9. The van der Waals surface area contributed by atoms with Gasteiger partial charge in [-0.3, -0.25) is 14.9 Å². The zero-order valence-electron chi connectivity index (χ0n) is 11.0. The third-order valence-corrected chi connectivity index (χ3v) is 3.40. The number of phenolic OH excluding ortho intramolecular Hbond substituents is 1. The van der Waals surface area contributed by atoms with Gasteiger partial charge in [0.05, 0.1) is 16.7 Å². The van der Waals surface area contributed by atoms with Crippen LogP contribution in [-0.2, 0) is 4.79 Å². The highest BCUT2D eigenvalue weighted by Gasteiger charge is 2.18. The Labute approximate surface area is 116 Å². The van der Waals surface area contributed by atoms with Gasteiger partial charge < -0.3 is 15.7 Å². The second kappa shape index (κ2) is 6.33. The van der Waals surface area contributed by atoms with E-state index in [0.717, 1.165) is 32.0 Å². The molecule has 1 fully saturated rings. The summed E-state index contributed by atoms with van der Waals surface area (Å²) in [5.74, 6) is -0.129. The third-order valence-electron chi connectivity index (χ3n) is 3.40. The van der Waals surface area contributed by atoms with Crippen molar-refractivity contribution in [3.05, 3.63) is 28.3 Å². The third kappa shape index (κ3) is 3.67. The summed E-state index contributed by atoms with van der Waals surface area (Å²) < 4.78 is 0. The molecule has 0 atom stereocenters.